The largest absolute Gasteiger partial charge is 0.306 e. The summed E-state index contributed by atoms with van der Waals surface area (Å²) >= 11 is 0. The topological polar surface area (TPSA) is 3.24 Å². The molecule has 1 aliphatic rings. The summed E-state index contributed by atoms with van der Waals surface area (Å²) in [6, 6.07) is 7.44. The van der Waals surface area contributed by atoms with Crippen molar-refractivity contribution >= 4 is 12.4 Å². The molecule has 84 valence electrons. The molecular weight excluding hydrogens is 206 g/mol. The van der Waals surface area contributed by atoms with Gasteiger partial charge in [-0.15, -0.1) is 12.4 Å². The number of rotatable bonds is 1. The summed E-state index contributed by atoms with van der Waals surface area (Å²) in [7, 11) is 4.38. The molecule has 2 rings (SSSR count). The van der Waals surface area contributed by atoms with Crippen molar-refractivity contribution in [1.29, 1.82) is 0 Å². The smallest absolute Gasteiger partial charge is 0.0133 e. The second-order valence-electron chi connectivity index (χ2n) is 4.57. The van der Waals surface area contributed by atoms with Gasteiger partial charge in [0.05, 0.1) is 0 Å². The molecule has 0 unspecified atom stereocenters. The van der Waals surface area contributed by atoms with E-state index < -0.39 is 0 Å². The summed E-state index contributed by atoms with van der Waals surface area (Å²) in [4.78, 5) is 2.36. The minimum Gasteiger partial charge on any atom is -0.306 e. The van der Waals surface area contributed by atoms with Crippen LogP contribution in [0.1, 0.15) is 23.1 Å². The molecule has 0 N–H and O–H groups in total. The molecule has 0 saturated heterocycles. The standard InChI is InChI=1S/C13H19N.ClH/c1-10-5-4-6-11-7-8-12(14(2)3)9-13(10)11;/h4-6,12H,7-9H2,1-3H3;1H/t12-;/m1./s1. The van der Waals surface area contributed by atoms with Crippen LogP contribution < -0.4 is 0 Å². The van der Waals surface area contributed by atoms with Crippen molar-refractivity contribution in [1.82, 2.24) is 4.90 Å². The van der Waals surface area contributed by atoms with Gasteiger partial charge in [-0.1, -0.05) is 18.2 Å². The van der Waals surface area contributed by atoms with Crippen molar-refractivity contribution in [2.75, 3.05) is 14.1 Å². The molecule has 1 aromatic carbocycles. The Kier molecular flexibility index (Phi) is 4.18. The highest BCUT2D eigenvalue weighted by Crippen LogP contribution is 2.25. The molecule has 0 amide bonds. The quantitative estimate of drug-likeness (QED) is 0.711. The van der Waals surface area contributed by atoms with Gasteiger partial charge in [-0.3, -0.25) is 0 Å². The molecule has 0 fully saturated rings. The van der Waals surface area contributed by atoms with Gasteiger partial charge in [-0.25, -0.2) is 0 Å². The fraction of sp³-hybridized carbons (Fsp3) is 0.538. The molecule has 0 aromatic heterocycles. The average molecular weight is 226 g/mol. The molecule has 0 aliphatic heterocycles. The van der Waals surface area contributed by atoms with Crippen LogP contribution in [0.25, 0.3) is 0 Å². The Balaban J connectivity index is 0.00000112. The fourth-order valence-corrected chi connectivity index (χ4v) is 2.39. The summed E-state index contributed by atoms with van der Waals surface area (Å²) < 4.78 is 0. The van der Waals surface area contributed by atoms with E-state index in [9.17, 15) is 0 Å². The van der Waals surface area contributed by atoms with E-state index >= 15 is 0 Å². The monoisotopic (exact) mass is 225 g/mol. The molecule has 15 heavy (non-hydrogen) atoms. The van der Waals surface area contributed by atoms with Gasteiger partial charge in [-0.2, -0.15) is 0 Å². The highest BCUT2D eigenvalue weighted by molar-refractivity contribution is 5.85. The van der Waals surface area contributed by atoms with Crippen LogP contribution in [0.5, 0.6) is 0 Å². The first-order chi connectivity index (χ1) is 6.68. The number of hydrogen-bond acceptors (Lipinski definition) is 1. The Morgan fingerprint density at radius 2 is 2.00 bits per heavy atom. The van der Waals surface area contributed by atoms with E-state index in [1.807, 2.05) is 0 Å². The fourth-order valence-electron chi connectivity index (χ4n) is 2.39. The van der Waals surface area contributed by atoms with E-state index in [1.165, 1.54) is 24.8 Å². The van der Waals surface area contributed by atoms with Gasteiger partial charge in [-0.05, 0) is 57.0 Å². The summed E-state index contributed by atoms with van der Waals surface area (Å²) in [5.74, 6) is 0. The van der Waals surface area contributed by atoms with Crippen LogP contribution in [-0.2, 0) is 12.8 Å². The van der Waals surface area contributed by atoms with Crippen LogP contribution in [0.15, 0.2) is 18.2 Å². The Bertz CT molecular complexity index is 333. The van der Waals surface area contributed by atoms with Crippen LogP contribution in [0.3, 0.4) is 0 Å². The van der Waals surface area contributed by atoms with Gasteiger partial charge in [0.2, 0.25) is 0 Å². The normalized spacial score (nSPS) is 19.6. The molecule has 1 aromatic rings. The van der Waals surface area contributed by atoms with Gasteiger partial charge >= 0.3 is 0 Å². The summed E-state index contributed by atoms with van der Waals surface area (Å²) in [5.41, 5.74) is 4.63. The van der Waals surface area contributed by atoms with Gasteiger partial charge in [0.25, 0.3) is 0 Å². The van der Waals surface area contributed by atoms with Crippen molar-refractivity contribution in [2.24, 2.45) is 0 Å². The first-order valence-electron chi connectivity index (χ1n) is 5.42. The van der Waals surface area contributed by atoms with Crippen molar-refractivity contribution < 1.29 is 0 Å². The third-order valence-electron chi connectivity index (χ3n) is 3.42. The SMILES string of the molecule is Cc1cccc2c1C[C@H](N(C)C)CC2.Cl. The highest BCUT2D eigenvalue weighted by Gasteiger charge is 2.20. The number of halogens is 1. The zero-order valence-electron chi connectivity index (χ0n) is 9.79. The Labute approximate surface area is 98.9 Å². The van der Waals surface area contributed by atoms with E-state index in [1.54, 1.807) is 11.1 Å². The van der Waals surface area contributed by atoms with Crippen molar-refractivity contribution in [3.05, 3.63) is 34.9 Å². The first kappa shape index (κ1) is 12.5. The Hall–Kier alpha value is -0.530. The number of aryl methyl sites for hydroxylation is 2. The average Bonchev–Trinajstić information content (AvgIpc) is 2.18. The third-order valence-corrected chi connectivity index (χ3v) is 3.42. The maximum Gasteiger partial charge on any atom is 0.0133 e. The van der Waals surface area contributed by atoms with E-state index in [2.05, 4.69) is 44.1 Å². The van der Waals surface area contributed by atoms with Crippen LogP contribution >= 0.6 is 12.4 Å². The number of hydrogen-bond donors (Lipinski definition) is 0. The van der Waals surface area contributed by atoms with Gasteiger partial charge in [0.1, 0.15) is 0 Å². The number of benzene rings is 1. The third kappa shape index (κ3) is 2.53. The highest BCUT2D eigenvalue weighted by atomic mass is 35.5. The molecule has 0 heterocycles. The number of fused-ring (bicyclic) bond motifs is 1. The Morgan fingerprint density at radius 3 is 2.67 bits per heavy atom. The molecule has 0 radical (unpaired) electrons. The lowest BCUT2D eigenvalue weighted by Gasteiger charge is -2.30. The molecule has 0 spiro atoms. The lowest BCUT2D eigenvalue weighted by Crippen LogP contribution is -2.33. The minimum absolute atomic E-state index is 0. The minimum atomic E-state index is 0. The molecule has 1 atom stereocenters. The lowest BCUT2D eigenvalue weighted by atomic mass is 9.85. The van der Waals surface area contributed by atoms with Crippen LogP contribution in [0.2, 0.25) is 0 Å². The first-order valence-corrected chi connectivity index (χ1v) is 5.42. The van der Waals surface area contributed by atoms with Crippen LogP contribution in [-0.4, -0.2) is 25.0 Å². The zero-order chi connectivity index (χ0) is 10.1. The van der Waals surface area contributed by atoms with E-state index in [4.69, 9.17) is 0 Å². The van der Waals surface area contributed by atoms with E-state index in [-0.39, 0.29) is 12.4 Å². The summed E-state index contributed by atoms with van der Waals surface area (Å²) in [6.45, 7) is 2.23. The van der Waals surface area contributed by atoms with Crippen LogP contribution in [0.4, 0.5) is 0 Å². The maximum atomic E-state index is 2.36. The summed E-state index contributed by atoms with van der Waals surface area (Å²) in [6.07, 6.45) is 3.79. The predicted octanol–water partition coefficient (Wildman–Crippen LogP) is 2.84. The van der Waals surface area contributed by atoms with Crippen LogP contribution in [0, 0.1) is 6.92 Å². The predicted molar refractivity (Wildman–Crippen MR) is 67.9 cm³/mol. The number of likely N-dealkylation sites (N-methyl/N-ethyl adjacent to an activating group) is 1. The van der Waals surface area contributed by atoms with Gasteiger partial charge in [0.15, 0.2) is 0 Å². The van der Waals surface area contributed by atoms with E-state index in [0.717, 1.165) is 6.04 Å². The summed E-state index contributed by atoms with van der Waals surface area (Å²) in [5, 5.41) is 0. The molecule has 0 saturated carbocycles. The molecule has 2 heteroatoms. The Morgan fingerprint density at radius 1 is 1.27 bits per heavy atom. The van der Waals surface area contributed by atoms with Crippen molar-refractivity contribution in [2.45, 2.75) is 32.2 Å². The molecule has 0 bridgehead atoms. The second kappa shape index (κ2) is 5.00. The molecule has 1 nitrogen and oxygen atoms in total. The molecule has 1 aliphatic carbocycles. The maximum absolute atomic E-state index is 2.36. The van der Waals surface area contributed by atoms with E-state index in [0.29, 0.717) is 0 Å². The lowest BCUT2D eigenvalue weighted by molar-refractivity contribution is 0.268. The molecular formula is C13H20ClN. The van der Waals surface area contributed by atoms with Crippen molar-refractivity contribution in [3.8, 4) is 0 Å². The van der Waals surface area contributed by atoms with Gasteiger partial charge < -0.3 is 4.90 Å². The number of nitrogens with zero attached hydrogens (tertiary/aromatic N) is 1. The van der Waals surface area contributed by atoms with Crippen molar-refractivity contribution in [3.63, 3.8) is 0 Å². The second-order valence-corrected chi connectivity index (χ2v) is 4.57. The van der Waals surface area contributed by atoms with Gasteiger partial charge in [0, 0.05) is 6.04 Å². The zero-order valence-corrected chi connectivity index (χ0v) is 10.6.